The number of anilines is 1. The highest BCUT2D eigenvalue weighted by Crippen LogP contribution is 2.39. The van der Waals surface area contributed by atoms with Crippen molar-refractivity contribution in [3.8, 4) is 0 Å². The number of para-hydroxylation sites is 1. The van der Waals surface area contributed by atoms with E-state index in [0.29, 0.717) is 6.07 Å². The molecule has 10 heteroatoms. The van der Waals surface area contributed by atoms with Crippen LogP contribution in [0.15, 0.2) is 84.9 Å². The molecule has 0 aliphatic carbocycles. The molecule has 4 rings (SSSR count). The standard InChI is InChI=1S/C25H16F3NO6/c26-25(27,28)17-13-7-8-14-18(17)29-21(30)19(34-23(32)15-9-3-1-4-10-15)20(22(29)31)35-24(33)16-11-5-2-6-12-16/h1-14,19-20H/t19-,20-/m1/s1. The van der Waals surface area contributed by atoms with Gasteiger partial charge in [-0.05, 0) is 36.4 Å². The van der Waals surface area contributed by atoms with Crippen LogP contribution in [0.4, 0.5) is 18.9 Å². The van der Waals surface area contributed by atoms with Gasteiger partial charge in [0.25, 0.3) is 11.8 Å². The second-order valence-electron chi connectivity index (χ2n) is 7.41. The Morgan fingerprint density at radius 3 is 1.49 bits per heavy atom. The Hall–Kier alpha value is -4.47. The Morgan fingerprint density at radius 1 is 0.657 bits per heavy atom. The summed E-state index contributed by atoms with van der Waals surface area (Å²) in [5.74, 6) is -4.60. The minimum absolute atomic E-state index is 0.0232. The summed E-state index contributed by atoms with van der Waals surface area (Å²) in [6.45, 7) is 0. The topological polar surface area (TPSA) is 90.0 Å². The van der Waals surface area contributed by atoms with E-state index in [1.165, 1.54) is 54.6 Å². The van der Waals surface area contributed by atoms with Gasteiger partial charge in [-0.2, -0.15) is 13.2 Å². The molecule has 0 saturated carbocycles. The number of carbonyl (C=O) groups excluding carboxylic acids is 4. The van der Waals surface area contributed by atoms with E-state index in [-0.39, 0.29) is 16.0 Å². The van der Waals surface area contributed by atoms with E-state index >= 15 is 0 Å². The van der Waals surface area contributed by atoms with Crippen molar-refractivity contribution in [1.82, 2.24) is 0 Å². The molecule has 7 nitrogen and oxygen atoms in total. The van der Waals surface area contributed by atoms with Crippen LogP contribution in [0.3, 0.4) is 0 Å². The van der Waals surface area contributed by atoms with Gasteiger partial charge >= 0.3 is 18.1 Å². The molecule has 3 aromatic carbocycles. The fourth-order valence-electron chi connectivity index (χ4n) is 3.51. The Kier molecular flexibility index (Phi) is 6.37. The predicted octanol–water partition coefficient (Wildman–Crippen LogP) is 4.03. The molecule has 0 radical (unpaired) electrons. The Labute approximate surface area is 196 Å². The molecule has 1 aliphatic heterocycles. The summed E-state index contributed by atoms with van der Waals surface area (Å²) in [6.07, 6.45) is -8.89. The Bertz CT molecular complexity index is 1210. The number of halogens is 3. The highest BCUT2D eigenvalue weighted by atomic mass is 19.4. The zero-order valence-corrected chi connectivity index (χ0v) is 17.8. The van der Waals surface area contributed by atoms with Gasteiger partial charge in [-0.3, -0.25) is 9.59 Å². The normalized spacial score (nSPS) is 17.9. The Morgan fingerprint density at radius 2 is 1.06 bits per heavy atom. The number of alkyl halides is 3. The molecule has 2 amide bonds. The van der Waals surface area contributed by atoms with Crippen LogP contribution in [0.25, 0.3) is 0 Å². The molecule has 1 heterocycles. The number of imide groups is 1. The molecule has 0 spiro atoms. The predicted molar refractivity (Wildman–Crippen MR) is 115 cm³/mol. The van der Waals surface area contributed by atoms with Crippen LogP contribution in [-0.4, -0.2) is 36.0 Å². The summed E-state index contributed by atoms with van der Waals surface area (Å²) in [6, 6.07) is 18.8. The number of amides is 2. The summed E-state index contributed by atoms with van der Waals surface area (Å²) >= 11 is 0. The maximum absolute atomic E-state index is 13.6. The third-order valence-electron chi connectivity index (χ3n) is 5.14. The minimum atomic E-state index is -4.90. The van der Waals surface area contributed by atoms with Gasteiger partial charge < -0.3 is 9.47 Å². The molecule has 0 bridgehead atoms. The lowest BCUT2D eigenvalue weighted by molar-refractivity contribution is -0.137. The second kappa shape index (κ2) is 9.41. The number of hydrogen-bond acceptors (Lipinski definition) is 6. The van der Waals surface area contributed by atoms with E-state index in [1.807, 2.05) is 0 Å². The first-order valence-electron chi connectivity index (χ1n) is 10.2. The highest BCUT2D eigenvalue weighted by Gasteiger charge is 2.55. The maximum Gasteiger partial charge on any atom is 0.418 e. The zero-order chi connectivity index (χ0) is 25.2. The first-order valence-corrected chi connectivity index (χ1v) is 10.2. The van der Waals surface area contributed by atoms with Gasteiger partial charge in [-0.1, -0.05) is 48.5 Å². The van der Waals surface area contributed by atoms with E-state index in [4.69, 9.17) is 9.47 Å². The lowest BCUT2D eigenvalue weighted by Gasteiger charge is -2.19. The van der Waals surface area contributed by atoms with Crippen LogP contribution in [0.1, 0.15) is 26.3 Å². The van der Waals surface area contributed by atoms with Crippen molar-refractivity contribution >= 4 is 29.4 Å². The number of carbonyl (C=O) groups is 4. The van der Waals surface area contributed by atoms with Crippen LogP contribution >= 0.6 is 0 Å². The van der Waals surface area contributed by atoms with Gasteiger partial charge in [0.05, 0.1) is 22.4 Å². The average molecular weight is 483 g/mol. The number of esters is 2. The summed E-state index contributed by atoms with van der Waals surface area (Å²) in [7, 11) is 0. The van der Waals surface area contributed by atoms with Crippen LogP contribution < -0.4 is 4.90 Å². The molecule has 0 N–H and O–H groups in total. The number of ether oxygens (including phenoxy) is 2. The molecule has 1 aliphatic rings. The average Bonchev–Trinajstić information content (AvgIpc) is 3.08. The van der Waals surface area contributed by atoms with E-state index in [9.17, 15) is 32.3 Å². The summed E-state index contributed by atoms with van der Waals surface area (Å²) in [4.78, 5) is 51.7. The van der Waals surface area contributed by atoms with Gasteiger partial charge in [-0.25, -0.2) is 14.5 Å². The van der Waals surface area contributed by atoms with Gasteiger partial charge in [0.15, 0.2) is 0 Å². The molecular weight excluding hydrogens is 467 g/mol. The fraction of sp³-hybridized carbons (Fsp3) is 0.120. The van der Waals surface area contributed by atoms with E-state index in [0.717, 1.165) is 12.1 Å². The van der Waals surface area contributed by atoms with Crippen LogP contribution in [0.5, 0.6) is 0 Å². The lowest BCUT2D eigenvalue weighted by atomic mass is 10.1. The van der Waals surface area contributed by atoms with Crippen LogP contribution in [-0.2, 0) is 25.2 Å². The maximum atomic E-state index is 13.6. The van der Waals surface area contributed by atoms with Crippen molar-refractivity contribution in [2.45, 2.75) is 18.4 Å². The monoisotopic (exact) mass is 483 g/mol. The van der Waals surface area contributed by atoms with Crippen molar-refractivity contribution in [3.63, 3.8) is 0 Å². The minimum Gasteiger partial charge on any atom is -0.444 e. The molecule has 35 heavy (non-hydrogen) atoms. The zero-order valence-electron chi connectivity index (χ0n) is 17.8. The van der Waals surface area contributed by atoms with E-state index in [2.05, 4.69) is 0 Å². The van der Waals surface area contributed by atoms with Gasteiger partial charge in [0, 0.05) is 0 Å². The number of hydrogen-bond donors (Lipinski definition) is 0. The number of nitrogens with zero attached hydrogens (tertiary/aromatic N) is 1. The second-order valence-corrected chi connectivity index (χ2v) is 7.41. The molecule has 1 saturated heterocycles. The third-order valence-corrected chi connectivity index (χ3v) is 5.14. The molecule has 2 atom stereocenters. The molecule has 0 unspecified atom stereocenters. The molecule has 1 fully saturated rings. The van der Waals surface area contributed by atoms with E-state index < -0.39 is 53.4 Å². The van der Waals surface area contributed by atoms with Crippen molar-refractivity contribution in [3.05, 3.63) is 102 Å². The molecule has 0 aromatic heterocycles. The molecule has 3 aromatic rings. The molecule has 178 valence electrons. The van der Waals surface area contributed by atoms with Gasteiger partial charge in [-0.15, -0.1) is 0 Å². The quantitative estimate of drug-likeness (QED) is 0.402. The van der Waals surface area contributed by atoms with Crippen molar-refractivity contribution in [2.75, 3.05) is 4.90 Å². The first kappa shape index (κ1) is 23.7. The third kappa shape index (κ3) is 4.77. The summed E-state index contributed by atoms with van der Waals surface area (Å²) in [5, 5.41) is 0. The number of benzene rings is 3. The van der Waals surface area contributed by atoms with Gasteiger partial charge in [0.1, 0.15) is 0 Å². The summed E-state index contributed by atoms with van der Waals surface area (Å²) in [5.41, 5.74) is -1.98. The van der Waals surface area contributed by atoms with Gasteiger partial charge in [0.2, 0.25) is 12.2 Å². The van der Waals surface area contributed by atoms with Crippen molar-refractivity contribution < 1.29 is 41.8 Å². The smallest absolute Gasteiger partial charge is 0.418 e. The lowest BCUT2D eigenvalue weighted by Crippen LogP contribution is -2.37. The highest BCUT2D eigenvalue weighted by molar-refractivity contribution is 6.25. The van der Waals surface area contributed by atoms with E-state index in [1.54, 1.807) is 12.1 Å². The largest absolute Gasteiger partial charge is 0.444 e. The van der Waals surface area contributed by atoms with Crippen LogP contribution in [0.2, 0.25) is 0 Å². The molecular formula is C25H16F3NO6. The van der Waals surface area contributed by atoms with Crippen molar-refractivity contribution in [1.29, 1.82) is 0 Å². The SMILES string of the molecule is O=C(O[C@H]1C(=O)N(c2ccccc2C(F)(F)F)C(=O)[C@@H]1OC(=O)c1ccccc1)c1ccccc1. The van der Waals surface area contributed by atoms with Crippen molar-refractivity contribution in [2.24, 2.45) is 0 Å². The van der Waals surface area contributed by atoms with Crippen LogP contribution in [0, 0.1) is 0 Å². The fourth-order valence-corrected chi connectivity index (χ4v) is 3.51. The first-order chi connectivity index (χ1) is 16.7. The Balaban J connectivity index is 1.72. The summed E-state index contributed by atoms with van der Waals surface area (Å²) < 4.78 is 51.2. The number of rotatable bonds is 5.